The van der Waals surface area contributed by atoms with Gasteiger partial charge in [-0.2, -0.15) is 11.3 Å². The minimum atomic E-state index is 0.302. The lowest BCUT2D eigenvalue weighted by Gasteiger charge is -2.14. The van der Waals surface area contributed by atoms with E-state index in [0.717, 1.165) is 6.54 Å². The zero-order chi connectivity index (χ0) is 19.4. The summed E-state index contributed by atoms with van der Waals surface area (Å²) in [6, 6.07) is 5.66. The van der Waals surface area contributed by atoms with Gasteiger partial charge in [-0.1, -0.05) is 0 Å². The van der Waals surface area contributed by atoms with Gasteiger partial charge in [0, 0.05) is 12.1 Å². The molecule has 9 heteroatoms. The van der Waals surface area contributed by atoms with Crippen molar-refractivity contribution in [2.24, 2.45) is 0 Å². The summed E-state index contributed by atoms with van der Waals surface area (Å²) in [6.07, 6.45) is 0. The third kappa shape index (κ3) is 4.32. The number of nitrogens with zero attached hydrogens (tertiary/aromatic N) is 3. The van der Waals surface area contributed by atoms with Crippen molar-refractivity contribution in [1.29, 1.82) is 0 Å². The highest BCUT2D eigenvalue weighted by atomic mass is 32.1. The molecule has 0 aliphatic rings. The molecule has 27 heavy (non-hydrogen) atoms. The minimum absolute atomic E-state index is 0.302. The van der Waals surface area contributed by atoms with Crippen LogP contribution in [0.3, 0.4) is 0 Å². The highest BCUT2D eigenvalue weighted by Crippen LogP contribution is 2.40. The summed E-state index contributed by atoms with van der Waals surface area (Å²) in [6.45, 7) is 1.32. The van der Waals surface area contributed by atoms with Gasteiger partial charge in [-0.15, -0.1) is 5.10 Å². The Kier molecular flexibility index (Phi) is 6.15. The Labute approximate surface area is 166 Å². The quantitative estimate of drug-likeness (QED) is 0.522. The number of methoxy groups -OCH3 is 3. The summed E-state index contributed by atoms with van der Waals surface area (Å²) < 4.78 is 23.5. The molecule has 0 amide bonds. The van der Waals surface area contributed by atoms with E-state index in [1.165, 1.54) is 5.56 Å². The first-order chi connectivity index (χ1) is 13.0. The van der Waals surface area contributed by atoms with Crippen LogP contribution in [0.15, 0.2) is 33.4 Å². The maximum Gasteiger partial charge on any atom is 0.288 e. The second kappa shape index (κ2) is 8.55. The van der Waals surface area contributed by atoms with Gasteiger partial charge in [0.25, 0.3) is 4.84 Å². The van der Waals surface area contributed by atoms with E-state index in [4.69, 9.17) is 30.8 Å². The number of thiophene rings is 1. The van der Waals surface area contributed by atoms with Crippen molar-refractivity contribution in [3.05, 3.63) is 39.4 Å². The van der Waals surface area contributed by atoms with Gasteiger partial charge in [-0.05, 0) is 53.8 Å². The number of hydrogen-bond donors (Lipinski definition) is 0. The van der Waals surface area contributed by atoms with Gasteiger partial charge in [0.1, 0.15) is 0 Å². The third-order valence-electron chi connectivity index (χ3n) is 3.93. The average Bonchev–Trinajstić information content (AvgIpc) is 3.30. The van der Waals surface area contributed by atoms with Crippen LogP contribution in [0, 0.1) is 4.84 Å². The van der Waals surface area contributed by atoms with E-state index >= 15 is 0 Å². The lowest BCUT2D eigenvalue weighted by atomic mass is 10.2. The fourth-order valence-electron chi connectivity index (χ4n) is 2.69. The fraction of sp³-hybridized carbons (Fsp3) is 0.333. The van der Waals surface area contributed by atoms with E-state index in [-0.39, 0.29) is 0 Å². The molecular formula is C18H21N3O4S2. The van der Waals surface area contributed by atoms with Gasteiger partial charge < -0.3 is 18.6 Å². The predicted molar refractivity (Wildman–Crippen MR) is 106 cm³/mol. The molecule has 0 radical (unpaired) electrons. The lowest BCUT2D eigenvalue weighted by molar-refractivity contribution is 0.241. The van der Waals surface area contributed by atoms with Gasteiger partial charge >= 0.3 is 0 Å². The van der Waals surface area contributed by atoms with E-state index < -0.39 is 0 Å². The van der Waals surface area contributed by atoms with E-state index in [2.05, 4.69) is 26.8 Å². The Balaban J connectivity index is 1.86. The van der Waals surface area contributed by atoms with Crippen LogP contribution in [0.25, 0.3) is 11.5 Å². The van der Waals surface area contributed by atoms with Gasteiger partial charge in [-0.3, -0.25) is 4.90 Å². The first-order valence-corrected chi connectivity index (χ1v) is 9.48. The number of ether oxygens (including phenoxy) is 3. The number of benzene rings is 1. The van der Waals surface area contributed by atoms with Crippen LogP contribution in [-0.4, -0.2) is 43.1 Å². The van der Waals surface area contributed by atoms with Gasteiger partial charge in [0.15, 0.2) is 11.5 Å². The molecule has 0 spiro atoms. The molecule has 3 rings (SSSR count). The lowest BCUT2D eigenvalue weighted by Crippen LogP contribution is -2.22. The number of hydrogen-bond acceptors (Lipinski definition) is 8. The third-order valence-corrected chi connectivity index (χ3v) is 4.95. The molecule has 144 valence electrons. The second-order valence-corrected chi connectivity index (χ2v) is 7.00. The molecule has 0 N–H and O–H groups in total. The van der Waals surface area contributed by atoms with Crippen LogP contribution in [0.5, 0.6) is 17.2 Å². The Morgan fingerprint density at radius 2 is 1.89 bits per heavy atom. The summed E-state index contributed by atoms with van der Waals surface area (Å²) in [7, 11) is 6.69. The molecule has 0 aliphatic heterocycles. The summed E-state index contributed by atoms with van der Waals surface area (Å²) in [5.74, 6) is 1.95. The van der Waals surface area contributed by atoms with Crippen LogP contribution in [0.1, 0.15) is 5.56 Å². The molecule has 2 aromatic heterocycles. The summed E-state index contributed by atoms with van der Waals surface area (Å²) >= 11 is 7.01. The minimum Gasteiger partial charge on any atom is -0.493 e. The molecule has 7 nitrogen and oxygen atoms in total. The standard InChI is InChI=1S/C18H21N3O4S2/c1-20(9-12-5-6-27-10-12)11-21-18(26)25-17(19-21)13-7-14(22-2)16(24-4)15(8-13)23-3/h5-8,10H,9,11H2,1-4H3. The Morgan fingerprint density at radius 1 is 1.19 bits per heavy atom. The van der Waals surface area contributed by atoms with Gasteiger partial charge in [0.05, 0.1) is 28.0 Å². The Morgan fingerprint density at radius 3 is 2.44 bits per heavy atom. The SMILES string of the molecule is COc1cc(-c2nn(CN(C)Cc3ccsc3)c(=S)o2)cc(OC)c1OC. The van der Waals surface area contributed by atoms with Crippen LogP contribution >= 0.6 is 23.6 Å². The Hall–Kier alpha value is -2.36. The molecule has 0 bridgehead atoms. The van der Waals surface area contributed by atoms with Crippen molar-refractivity contribution in [1.82, 2.24) is 14.7 Å². The largest absolute Gasteiger partial charge is 0.493 e. The van der Waals surface area contributed by atoms with Crippen molar-refractivity contribution in [2.75, 3.05) is 28.4 Å². The van der Waals surface area contributed by atoms with Crippen molar-refractivity contribution >= 4 is 23.6 Å². The van der Waals surface area contributed by atoms with Crippen molar-refractivity contribution in [3.63, 3.8) is 0 Å². The maximum atomic E-state index is 5.70. The topological polar surface area (TPSA) is 61.9 Å². The molecule has 0 atom stereocenters. The van der Waals surface area contributed by atoms with Crippen LogP contribution < -0.4 is 14.2 Å². The van der Waals surface area contributed by atoms with Crippen molar-refractivity contribution < 1.29 is 18.6 Å². The van der Waals surface area contributed by atoms with Crippen LogP contribution in [0.4, 0.5) is 0 Å². The summed E-state index contributed by atoms with van der Waals surface area (Å²) in [4.78, 5) is 2.41. The fourth-order valence-corrected chi connectivity index (χ4v) is 3.53. The van der Waals surface area contributed by atoms with Crippen LogP contribution in [-0.2, 0) is 13.2 Å². The number of rotatable bonds is 8. The van der Waals surface area contributed by atoms with E-state index in [1.54, 1.807) is 49.5 Å². The van der Waals surface area contributed by atoms with Gasteiger partial charge in [-0.25, -0.2) is 4.68 Å². The molecule has 0 aliphatic carbocycles. The summed E-state index contributed by atoms with van der Waals surface area (Å²) in [5, 5.41) is 8.70. The first kappa shape index (κ1) is 19.4. The first-order valence-electron chi connectivity index (χ1n) is 8.13. The zero-order valence-electron chi connectivity index (χ0n) is 15.6. The predicted octanol–water partition coefficient (Wildman–Crippen LogP) is 4.05. The van der Waals surface area contributed by atoms with Crippen LogP contribution in [0.2, 0.25) is 0 Å². The van der Waals surface area contributed by atoms with E-state index in [1.807, 2.05) is 7.05 Å². The molecule has 0 saturated heterocycles. The molecule has 2 heterocycles. The normalized spacial score (nSPS) is 11.0. The number of aromatic nitrogens is 2. The molecule has 1 aromatic carbocycles. The molecular weight excluding hydrogens is 386 g/mol. The molecule has 0 saturated carbocycles. The van der Waals surface area contributed by atoms with E-state index in [0.29, 0.717) is 40.2 Å². The van der Waals surface area contributed by atoms with Gasteiger partial charge in [0.2, 0.25) is 11.6 Å². The average molecular weight is 408 g/mol. The molecule has 0 unspecified atom stereocenters. The summed E-state index contributed by atoms with van der Waals surface area (Å²) in [5.41, 5.74) is 1.94. The van der Waals surface area contributed by atoms with Crippen molar-refractivity contribution in [3.8, 4) is 28.7 Å². The molecule has 3 aromatic rings. The zero-order valence-corrected chi connectivity index (χ0v) is 17.2. The monoisotopic (exact) mass is 407 g/mol. The van der Waals surface area contributed by atoms with E-state index in [9.17, 15) is 0 Å². The maximum absolute atomic E-state index is 5.70. The molecule has 0 fully saturated rings. The highest BCUT2D eigenvalue weighted by molar-refractivity contribution is 7.71. The second-order valence-electron chi connectivity index (χ2n) is 5.87. The smallest absolute Gasteiger partial charge is 0.288 e. The Bertz CT molecular complexity index is 925. The van der Waals surface area contributed by atoms with Crippen molar-refractivity contribution in [2.45, 2.75) is 13.2 Å². The highest BCUT2D eigenvalue weighted by Gasteiger charge is 2.18.